The Kier molecular flexibility index (Phi) is 3.10. The molecule has 2 heterocycles. The summed E-state index contributed by atoms with van der Waals surface area (Å²) >= 11 is 0. The van der Waals surface area contributed by atoms with Crippen molar-refractivity contribution in [2.24, 2.45) is 5.73 Å². The highest BCUT2D eigenvalue weighted by atomic mass is 16.5. The number of ether oxygens (including phenoxy) is 1. The number of fused-ring (bicyclic) bond motifs is 1. The maximum absolute atomic E-state index is 11.6. The van der Waals surface area contributed by atoms with Gasteiger partial charge in [-0.1, -0.05) is 0 Å². The molecule has 0 aliphatic heterocycles. The second-order valence-corrected chi connectivity index (χ2v) is 3.87. The van der Waals surface area contributed by atoms with Gasteiger partial charge in [-0.2, -0.15) is 0 Å². The van der Waals surface area contributed by atoms with Crippen LogP contribution in [-0.2, 0) is 11.2 Å². The monoisotopic (exact) mass is 233 g/mol. The van der Waals surface area contributed by atoms with E-state index >= 15 is 0 Å². The summed E-state index contributed by atoms with van der Waals surface area (Å²) in [5.74, 6) is 0.360. The molecule has 5 heteroatoms. The molecule has 0 fully saturated rings. The normalized spacial score (nSPS) is 10.8. The molecule has 0 amide bonds. The predicted octanol–water partition coefficient (Wildman–Crippen LogP) is 0.931. The second kappa shape index (κ2) is 4.55. The van der Waals surface area contributed by atoms with Crippen molar-refractivity contribution in [1.82, 2.24) is 9.38 Å². The molecule has 2 aromatic rings. The lowest BCUT2D eigenvalue weighted by atomic mass is 10.2. The topological polar surface area (TPSA) is 69.6 Å². The van der Waals surface area contributed by atoms with E-state index in [9.17, 15) is 4.79 Å². The molecule has 0 spiro atoms. The van der Waals surface area contributed by atoms with Gasteiger partial charge in [0.1, 0.15) is 5.82 Å². The lowest BCUT2D eigenvalue weighted by Crippen LogP contribution is -2.06. The molecule has 90 valence electrons. The number of nitrogens with two attached hydrogens (primary N) is 1. The number of nitrogens with zero attached hydrogens (tertiary/aromatic N) is 2. The number of esters is 1. The highest BCUT2D eigenvalue weighted by Gasteiger charge is 2.17. The van der Waals surface area contributed by atoms with E-state index in [0.29, 0.717) is 18.7 Å². The van der Waals surface area contributed by atoms with Gasteiger partial charge in [-0.05, 0) is 31.2 Å². The van der Waals surface area contributed by atoms with E-state index in [1.54, 1.807) is 0 Å². The minimum absolute atomic E-state index is 0.347. The fourth-order valence-electron chi connectivity index (χ4n) is 1.81. The van der Waals surface area contributed by atoms with E-state index in [4.69, 9.17) is 10.5 Å². The SMILES string of the molecule is COC(=O)c1nc(CCN)n2ccc(C)cc12. The Balaban J connectivity index is 2.66. The van der Waals surface area contributed by atoms with Crippen LogP contribution in [0.25, 0.3) is 5.52 Å². The Morgan fingerprint density at radius 3 is 3.00 bits per heavy atom. The summed E-state index contributed by atoms with van der Waals surface area (Å²) in [4.78, 5) is 15.9. The van der Waals surface area contributed by atoms with Crippen LogP contribution < -0.4 is 5.73 Å². The van der Waals surface area contributed by atoms with Crippen LogP contribution in [0.3, 0.4) is 0 Å². The maximum Gasteiger partial charge on any atom is 0.358 e. The Morgan fingerprint density at radius 1 is 1.59 bits per heavy atom. The minimum atomic E-state index is -0.420. The number of imidazole rings is 1. The molecule has 0 radical (unpaired) electrons. The van der Waals surface area contributed by atoms with Crippen molar-refractivity contribution in [2.75, 3.05) is 13.7 Å². The molecule has 0 aliphatic rings. The van der Waals surface area contributed by atoms with Gasteiger partial charge in [0.2, 0.25) is 0 Å². The number of hydrogen-bond donors (Lipinski definition) is 1. The van der Waals surface area contributed by atoms with Gasteiger partial charge in [0.05, 0.1) is 12.6 Å². The molecule has 0 saturated carbocycles. The number of aryl methyl sites for hydroxylation is 1. The highest BCUT2D eigenvalue weighted by Crippen LogP contribution is 2.16. The van der Waals surface area contributed by atoms with Gasteiger partial charge in [0.15, 0.2) is 5.69 Å². The largest absolute Gasteiger partial charge is 0.464 e. The lowest BCUT2D eigenvalue weighted by Gasteiger charge is -2.00. The Morgan fingerprint density at radius 2 is 2.35 bits per heavy atom. The first kappa shape index (κ1) is 11.6. The molecule has 0 aliphatic carbocycles. The van der Waals surface area contributed by atoms with E-state index in [1.165, 1.54) is 7.11 Å². The maximum atomic E-state index is 11.6. The molecule has 0 atom stereocenters. The first-order valence-electron chi connectivity index (χ1n) is 5.43. The van der Waals surface area contributed by atoms with Crippen molar-refractivity contribution >= 4 is 11.5 Å². The number of pyridine rings is 1. The minimum Gasteiger partial charge on any atom is -0.464 e. The quantitative estimate of drug-likeness (QED) is 0.801. The Hall–Kier alpha value is -1.88. The van der Waals surface area contributed by atoms with Gasteiger partial charge in [-0.3, -0.25) is 0 Å². The van der Waals surface area contributed by atoms with Gasteiger partial charge in [0.25, 0.3) is 0 Å². The van der Waals surface area contributed by atoms with Crippen LogP contribution in [0.15, 0.2) is 18.3 Å². The molecule has 0 bridgehead atoms. The molecule has 0 aromatic carbocycles. The summed E-state index contributed by atoms with van der Waals surface area (Å²) in [6, 6.07) is 3.88. The molecule has 2 rings (SSSR count). The summed E-state index contributed by atoms with van der Waals surface area (Å²) in [5.41, 5.74) is 7.71. The molecule has 2 aromatic heterocycles. The Bertz CT molecular complexity index is 560. The van der Waals surface area contributed by atoms with Gasteiger partial charge in [0, 0.05) is 12.6 Å². The van der Waals surface area contributed by atoms with Crippen LogP contribution in [0, 0.1) is 6.92 Å². The first-order chi connectivity index (χ1) is 8.17. The van der Waals surface area contributed by atoms with Crippen molar-refractivity contribution in [1.29, 1.82) is 0 Å². The van der Waals surface area contributed by atoms with Crippen molar-refractivity contribution in [3.8, 4) is 0 Å². The van der Waals surface area contributed by atoms with E-state index in [1.807, 2.05) is 29.7 Å². The zero-order valence-corrected chi connectivity index (χ0v) is 9.93. The van der Waals surface area contributed by atoms with E-state index in [-0.39, 0.29) is 0 Å². The molecular weight excluding hydrogens is 218 g/mol. The van der Waals surface area contributed by atoms with Crippen molar-refractivity contribution < 1.29 is 9.53 Å². The van der Waals surface area contributed by atoms with Gasteiger partial charge < -0.3 is 14.9 Å². The smallest absolute Gasteiger partial charge is 0.358 e. The number of carbonyl (C=O) groups is 1. The third-order valence-electron chi connectivity index (χ3n) is 2.62. The van der Waals surface area contributed by atoms with Crippen LogP contribution in [0.2, 0.25) is 0 Å². The average Bonchev–Trinajstić information content (AvgIpc) is 2.67. The summed E-state index contributed by atoms with van der Waals surface area (Å²) in [7, 11) is 1.35. The average molecular weight is 233 g/mol. The summed E-state index contributed by atoms with van der Waals surface area (Å²) in [6.07, 6.45) is 2.52. The van der Waals surface area contributed by atoms with E-state index in [0.717, 1.165) is 16.9 Å². The molecular formula is C12H15N3O2. The van der Waals surface area contributed by atoms with E-state index in [2.05, 4.69) is 4.98 Å². The van der Waals surface area contributed by atoms with Crippen LogP contribution >= 0.6 is 0 Å². The second-order valence-electron chi connectivity index (χ2n) is 3.87. The molecule has 0 unspecified atom stereocenters. The number of aromatic nitrogens is 2. The van der Waals surface area contributed by atoms with Gasteiger partial charge in [-0.15, -0.1) is 0 Å². The van der Waals surface area contributed by atoms with Crippen LogP contribution in [0.1, 0.15) is 21.9 Å². The zero-order chi connectivity index (χ0) is 12.4. The zero-order valence-electron chi connectivity index (χ0n) is 9.93. The third kappa shape index (κ3) is 2.01. The summed E-state index contributed by atoms with van der Waals surface area (Å²) in [5, 5.41) is 0. The van der Waals surface area contributed by atoms with Gasteiger partial charge >= 0.3 is 5.97 Å². The van der Waals surface area contributed by atoms with Crippen LogP contribution in [0.4, 0.5) is 0 Å². The number of methoxy groups -OCH3 is 1. The van der Waals surface area contributed by atoms with E-state index < -0.39 is 5.97 Å². The highest BCUT2D eigenvalue weighted by molar-refractivity contribution is 5.95. The van der Waals surface area contributed by atoms with Crippen molar-refractivity contribution in [2.45, 2.75) is 13.3 Å². The van der Waals surface area contributed by atoms with Gasteiger partial charge in [-0.25, -0.2) is 9.78 Å². The molecule has 2 N–H and O–H groups in total. The number of hydrogen-bond acceptors (Lipinski definition) is 4. The third-order valence-corrected chi connectivity index (χ3v) is 2.62. The molecule has 0 saturated heterocycles. The standard InChI is InChI=1S/C12H15N3O2/c1-8-4-6-15-9(7-8)11(12(16)17-2)14-10(15)3-5-13/h4,6-7H,3,5,13H2,1-2H3. The van der Waals surface area contributed by atoms with Crippen LogP contribution in [-0.4, -0.2) is 29.0 Å². The van der Waals surface area contributed by atoms with Crippen LogP contribution in [0.5, 0.6) is 0 Å². The fourth-order valence-corrected chi connectivity index (χ4v) is 1.81. The summed E-state index contributed by atoms with van der Waals surface area (Å²) in [6.45, 7) is 2.46. The van der Waals surface area contributed by atoms with Crippen molar-refractivity contribution in [3.05, 3.63) is 35.4 Å². The summed E-state index contributed by atoms with van der Waals surface area (Å²) < 4.78 is 6.61. The Labute approximate surface area is 99.2 Å². The fraction of sp³-hybridized carbons (Fsp3) is 0.333. The number of carbonyl (C=O) groups excluding carboxylic acids is 1. The predicted molar refractivity (Wildman–Crippen MR) is 64.0 cm³/mol. The molecule has 17 heavy (non-hydrogen) atoms. The molecule has 5 nitrogen and oxygen atoms in total. The number of rotatable bonds is 3. The first-order valence-corrected chi connectivity index (χ1v) is 5.43. The van der Waals surface area contributed by atoms with Crippen molar-refractivity contribution in [3.63, 3.8) is 0 Å². The lowest BCUT2D eigenvalue weighted by molar-refractivity contribution is 0.0597.